The number of carboxylic acids is 1. The summed E-state index contributed by atoms with van der Waals surface area (Å²) in [5.74, 6) is -2.14. The van der Waals surface area contributed by atoms with Gasteiger partial charge in [-0.1, -0.05) is 12.1 Å². The lowest BCUT2D eigenvalue weighted by Gasteiger charge is -2.13. The molecule has 3 aromatic rings. The van der Waals surface area contributed by atoms with Crippen molar-refractivity contribution in [2.45, 2.75) is 20.0 Å². The highest BCUT2D eigenvalue weighted by Crippen LogP contribution is 2.30. The lowest BCUT2D eigenvalue weighted by molar-refractivity contribution is -0.135. The van der Waals surface area contributed by atoms with E-state index in [1.165, 1.54) is 7.05 Å². The predicted octanol–water partition coefficient (Wildman–Crippen LogP) is 1.91. The summed E-state index contributed by atoms with van der Waals surface area (Å²) < 4.78 is 6.83. The van der Waals surface area contributed by atoms with E-state index in [1.807, 2.05) is 38.1 Å². The van der Waals surface area contributed by atoms with E-state index < -0.39 is 35.3 Å². The van der Waals surface area contributed by atoms with Gasteiger partial charge in [-0.25, -0.2) is 4.98 Å². The number of rotatable bonds is 6. The van der Waals surface area contributed by atoms with Gasteiger partial charge in [-0.2, -0.15) is 0 Å². The van der Waals surface area contributed by atoms with Crippen molar-refractivity contribution >= 4 is 22.9 Å². The lowest BCUT2D eigenvalue weighted by atomic mass is 10.0. The minimum Gasteiger partial charge on any atom is -0.506 e. The standard InChI is InChI=1S/C21H21N3O6/c1-11(2)30-14-6-4-5-12(7-14)13-8-15-18(27)17(20(28)23-10-16(25)26)21(29)24(3)19(15)22-9-13/h4-9,11,27H,10H2,1-3H3,(H,23,28)(H,25,26). The quantitative estimate of drug-likeness (QED) is 0.565. The Morgan fingerprint density at radius 3 is 2.63 bits per heavy atom. The number of aliphatic carboxylic acids is 1. The maximum absolute atomic E-state index is 12.5. The molecule has 0 bridgehead atoms. The highest BCUT2D eigenvalue weighted by atomic mass is 16.5. The highest BCUT2D eigenvalue weighted by Gasteiger charge is 2.22. The summed E-state index contributed by atoms with van der Waals surface area (Å²) in [6.45, 7) is 3.15. The average molecular weight is 411 g/mol. The van der Waals surface area contributed by atoms with Crippen LogP contribution in [-0.2, 0) is 11.8 Å². The number of carbonyl (C=O) groups excluding carboxylic acids is 1. The van der Waals surface area contributed by atoms with Crippen LogP contribution >= 0.6 is 0 Å². The first-order valence-corrected chi connectivity index (χ1v) is 9.17. The third-order valence-corrected chi connectivity index (χ3v) is 4.36. The Kier molecular flexibility index (Phi) is 5.72. The van der Waals surface area contributed by atoms with Crippen LogP contribution in [0.5, 0.6) is 11.5 Å². The van der Waals surface area contributed by atoms with E-state index in [2.05, 4.69) is 10.3 Å². The SMILES string of the molecule is CC(C)Oc1cccc(-c2cnc3c(c2)c(O)c(C(=O)NCC(=O)O)c(=O)n3C)c1. The molecule has 1 aromatic carbocycles. The number of amides is 1. The third kappa shape index (κ3) is 4.09. The van der Waals surface area contributed by atoms with Crippen LogP contribution in [0.2, 0.25) is 0 Å². The Labute approximate surface area is 171 Å². The second-order valence-electron chi connectivity index (χ2n) is 6.95. The Balaban J connectivity index is 2.13. The van der Waals surface area contributed by atoms with Crippen molar-refractivity contribution in [1.29, 1.82) is 0 Å². The molecule has 2 aromatic heterocycles. The molecule has 0 saturated heterocycles. The Hall–Kier alpha value is -3.88. The van der Waals surface area contributed by atoms with Crippen LogP contribution in [0.25, 0.3) is 22.2 Å². The average Bonchev–Trinajstić information content (AvgIpc) is 2.70. The summed E-state index contributed by atoms with van der Waals surface area (Å²) in [5, 5.41) is 21.7. The number of hydrogen-bond acceptors (Lipinski definition) is 6. The number of aromatic nitrogens is 2. The van der Waals surface area contributed by atoms with Crippen molar-refractivity contribution in [3.8, 4) is 22.6 Å². The minimum atomic E-state index is -1.27. The fourth-order valence-electron chi connectivity index (χ4n) is 3.03. The topological polar surface area (TPSA) is 131 Å². The van der Waals surface area contributed by atoms with Crippen LogP contribution in [0.1, 0.15) is 24.2 Å². The van der Waals surface area contributed by atoms with E-state index in [0.29, 0.717) is 11.3 Å². The zero-order chi connectivity index (χ0) is 22.0. The first-order chi connectivity index (χ1) is 14.2. The number of nitrogens with zero attached hydrogens (tertiary/aromatic N) is 2. The maximum atomic E-state index is 12.5. The number of fused-ring (bicyclic) bond motifs is 1. The van der Waals surface area contributed by atoms with Gasteiger partial charge in [0.05, 0.1) is 11.5 Å². The van der Waals surface area contributed by atoms with Crippen LogP contribution in [0.3, 0.4) is 0 Å². The van der Waals surface area contributed by atoms with Gasteiger partial charge in [0, 0.05) is 18.8 Å². The number of aryl methyl sites for hydroxylation is 1. The van der Waals surface area contributed by atoms with E-state index in [0.717, 1.165) is 10.1 Å². The number of pyridine rings is 2. The third-order valence-electron chi connectivity index (χ3n) is 4.36. The molecule has 156 valence electrons. The van der Waals surface area contributed by atoms with Gasteiger partial charge in [0.15, 0.2) is 0 Å². The molecule has 0 unspecified atom stereocenters. The molecule has 0 aliphatic rings. The van der Waals surface area contributed by atoms with Crippen LogP contribution in [0, 0.1) is 0 Å². The number of carbonyl (C=O) groups is 2. The zero-order valence-electron chi connectivity index (χ0n) is 16.7. The number of carboxylic acid groups (broad SMARTS) is 1. The van der Waals surface area contributed by atoms with Crippen LogP contribution in [0.4, 0.5) is 0 Å². The summed E-state index contributed by atoms with van der Waals surface area (Å²) in [6.07, 6.45) is 1.56. The molecular formula is C21H21N3O6. The number of hydrogen-bond donors (Lipinski definition) is 3. The Bertz CT molecular complexity index is 1200. The van der Waals surface area contributed by atoms with Gasteiger partial charge < -0.3 is 20.3 Å². The first-order valence-electron chi connectivity index (χ1n) is 9.17. The molecule has 2 heterocycles. The van der Waals surface area contributed by atoms with Crippen LogP contribution in [0.15, 0.2) is 41.3 Å². The molecule has 1 amide bonds. The van der Waals surface area contributed by atoms with Crippen molar-refractivity contribution in [3.05, 3.63) is 52.4 Å². The Morgan fingerprint density at radius 2 is 1.97 bits per heavy atom. The molecular weight excluding hydrogens is 390 g/mol. The fraction of sp³-hybridized carbons (Fsp3) is 0.238. The van der Waals surface area contributed by atoms with Crippen molar-refractivity contribution in [2.75, 3.05) is 6.54 Å². The van der Waals surface area contributed by atoms with Crippen molar-refractivity contribution in [1.82, 2.24) is 14.9 Å². The van der Waals surface area contributed by atoms with Crippen molar-refractivity contribution in [3.63, 3.8) is 0 Å². The molecule has 0 radical (unpaired) electrons. The number of benzene rings is 1. The summed E-state index contributed by atoms with van der Waals surface area (Å²) in [5.41, 5.74) is 0.276. The molecule has 0 atom stereocenters. The minimum absolute atomic E-state index is 0.000390. The van der Waals surface area contributed by atoms with Gasteiger partial charge in [0.2, 0.25) is 0 Å². The first kappa shape index (κ1) is 20.8. The summed E-state index contributed by atoms with van der Waals surface area (Å²) in [7, 11) is 1.42. The zero-order valence-corrected chi connectivity index (χ0v) is 16.7. The van der Waals surface area contributed by atoms with Gasteiger partial charge in [0.1, 0.15) is 29.3 Å². The molecule has 0 aliphatic carbocycles. The largest absolute Gasteiger partial charge is 0.506 e. The maximum Gasteiger partial charge on any atom is 0.322 e. The van der Waals surface area contributed by atoms with Gasteiger partial charge in [-0.15, -0.1) is 0 Å². The number of ether oxygens (including phenoxy) is 1. The number of aromatic hydroxyl groups is 1. The summed E-state index contributed by atoms with van der Waals surface area (Å²) >= 11 is 0. The predicted molar refractivity (Wildman–Crippen MR) is 110 cm³/mol. The van der Waals surface area contributed by atoms with E-state index in [9.17, 15) is 19.5 Å². The van der Waals surface area contributed by atoms with E-state index in [4.69, 9.17) is 9.84 Å². The summed E-state index contributed by atoms with van der Waals surface area (Å²) in [6, 6.07) is 8.92. The Morgan fingerprint density at radius 1 is 1.23 bits per heavy atom. The number of nitrogens with one attached hydrogen (secondary N) is 1. The molecule has 3 rings (SSSR count). The molecule has 0 spiro atoms. The van der Waals surface area contributed by atoms with Gasteiger partial charge >= 0.3 is 5.97 Å². The van der Waals surface area contributed by atoms with E-state index in [-0.39, 0.29) is 17.1 Å². The van der Waals surface area contributed by atoms with E-state index >= 15 is 0 Å². The van der Waals surface area contributed by atoms with Gasteiger partial charge in [-0.05, 0) is 37.6 Å². The molecule has 9 heteroatoms. The molecule has 3 N–H and O–H groups in total. The summed E-state index contributed by atoms with van der Waals surface area (Å²) in [4.78, 5) is 39.8. The lowest BCUT2D eigenvalue weighted by Crippen LogP contribution is -2.35. The van der Waals surface area contributed by atoms with Gasteiger partial charge in [-0.3, -0.25) is 19.0 Å². The molecule has 0 fully saturated rings. The second-order valence-corrected chi connectivity index (χ2v) is 6.95. The van der Waals surface area contributed by atoms with Gasteiger partial charge in [0.25, 0.3) is 11.5 Å². The smallest absolute Gasteiger partial charge is 0.322 e. The normalized spacial score (nSPS) is 10.9. The molecule has 0 aliphatic heterocycles. The fourth-order valence-corrected chi connectivity index (χ4v) is 3.03. The van der Waals surface area contributed by atoms with Crippen LogP contribution < -0.4 is 15.6 Å². The molecule has 9 nitrogen and oxygen atoms in total. The second kappa shape index (κ2) is 8.24. The highest BCUT2D eigenvalue weighted by molar-refractivity contribution is 6.03. The monoisotopic (exact) mass is 411 g/mol. The molecule has 0 saturated carbocycles. The van der Waals surface area contributed by atoms with E-state index in [1.54, 1.807) is 12.3 Å². The van der Waals surface area contributed by atoms with Crippen molar-refractivity contribution in [2.24, 2.45) is 7.05 Å². The van der Waals surface area contributed by atoms with Crippen molar-refractivity contribution < 1.29 is 24.5 Å². The molecule has 30 heavy (non-hydrogen) atoms. The van der Waals surface area contributed by atoms with Crippen LogP contribution in [-0.4, -0.2) is 44.3 Å².